The van der Waals surface area contributed by atoms with Gasteiger partial charge in [-0.3, -0.25) is 0 Å². The number of fused-ring (bicyclic) bond motifs is 1. The molecule has 2 aliphatic heterocycles. The number of aromatic nitrogens is 1. The van der Waals surface area contributed by atoms with Crippen molar-refractivity contribution in [3.63, 3.8) is 0 Å². The molecule has 0 unspecified atom stereocenters. The van der Waals surface area contributed by atoms with Crippen molar-refractivity contribution in [2.24, 2.45) is 5.92 Å². The lowest BCUT2D eigenvalue weighted by Gasteiger charge is -2.38. The first kappa shape index (κ1) is 15.8. The second-order valence-corrected chi connectivity index (χ2v) is 7.28. The molecule has 0 atom stereocenters. The van der Waals surface area contributed by atoms with Crippen molar-refractivity contribution in [1.29, 1.82) is 0 Å². The summed E-state index contributed by atoms with van der Waals surface area (Å²) in [5.41, 5.74) is 1.83. The zero-order chi connectivity index (χ0) is 16.4. The van der Waals surface area contributed by atoms with E-state index in [9.17, 15) is 4.79 Å². The van der Waals surface area contributed by atoms with E-state index in [1.807, 2.05) is 26.8 Å². The van der Waals surface area contributed by atoms with Crippen LogP contribution >= 0.6 is 0 Å². The number of carbonyl (C=O) groups excluding carboxylic acids is 1. The lowest BCUT2D eigenvalue weighted by molar-refractivity contribution is 0.00500. The highest BCUT2D eigenvalue weighted by Gasteiger charge is 2.32. The molecule has 3 rings (SSSR count). The fraction of sp³-hybridized carbons (Fsp3) is 0.556. The van der Waals surface area contributed by atoms with E-state index in [1.54, 1.807) is 4.90 Å². The number of nitrogens with one attached hydrogen (secondary N) is 1. The van der Waals surface area contributed by atoms with E-state index < -0.39 is 5.60 Å². The minimum atomic E-state index is -0.432. The van der Waals surface area contributed by atoms with Crippen LogP contribution in [0.15, 0.2) is 18.2 Å². The fourth-order valence-corrected chi connectivity index (χ4v) is 2.78. The third kappa shape index (κ3) is 4.03. The standard InChI is InChI=1S/C18H25N3O2/c1-18(2,3)23-17(22)21-11-13(12-21)6-8-15-9-7-14-5-4-10-19-16(14)20-15/h6-9,13H,4-5,10-12H2,1-3H3,(H,19,20)/b8-6+. The maximum absolute atomic E-state index is 11.9. The topological polar surface area (TPSA) is 54.5 Å². The van der Waals surface area contributed by atoms with E-state index >= 15 is 0 Å². The third-order valence-corrected chi connectivity index (χ3v) is 4.02. The second kappa shape index (κ2) is 6.22. The van der Waals surface area contributed by atoms with Crippen LogP contribution in [0, 0.1) is 5.92 Å². The summed E-state index contributed by atoms with van der Waals surface area (Å²) in [5.74, 6) is 1.40. The van der Waals surface area contributed by atoms with Crippen LogP contribution in [0.1, 0.15) is 38.4 Å². The van der Waals surface area contributed by atoms with Crippen molar-refractivity contribution in [2.45, 2.75) is 39.2 Å². The van der Waals surface area contributed by atoms with Gasteiger partial charge in [-0.05, 0) is 51.3 Å². The van der Waals surface area contributed by atoms with E-state index in [0.717, 1.165) is 24.5 Å². The van der Waals surface area contributed by atoms with Crippen molar-refractivity contribution in [2.75, 3.05) is 25.0 Å². The number of anilines is 1. The molecular weight excluding hydrogens is 290 g/mol. The van der Waals surface area contributed by atoms with Crippen LogP contribution in [0.5, 0.6) is 0 Å². The number of carbonyl (C=O) groups is 1. The Labute approximate surface area is 137 Å². The maximum atomic E-state index is 11.9. The molecule has 0 bridgehead atoms. The molecule has 2 aliphatic rings. The Kier molecular flexibility index (Phi) is 4.28. The first-order chi connectivity index (χ1) is 10.9. The fourth-order valence-electron chi connectivity index (χ4n) is 2.78. The number of rotatable bonds is 2. The highest BCUT2D eigenvalue weighted by atomic mass is 16.6. The molecule has 23 heavy (non-hydrogen) atoms. The number of hydrogen-bond acceptors (Lipinski definition) is 4. The molecule has 0 aromatic carbocycles. The molecule has 1 N–H and O–H groups in total. The molecule has 5 nitrogen and oxygen atoms in total. The summed E-state index contributed by atoms with van der Waals surface area (Å²) < 4.78 is 5.36. The van der Waals surface area contributed by atoms with Crippen molar-refractivity contribution < 1.29 is 9.53 Å². The molecule has 1 saturated heterocycles. The lowest BCUT2D eigenvalue weighted by Crippen LogP contribution is -2.50. The average molecular weight is 315 g/mol. The quantitative estimate of drug-likeness (QED) is 0.909. The van der Waals surface area contributed by atoms with Gasteiger partial charge in [0.2, 0.25) is 0 Å². The summed E-state index contributed by atoms with van der Waals surface area (Å²) in [5, 5.41) is 3.35. The molecule has 1 amide bonds. The van der Waals surface area contributed by atoms with Crippen molar-refractivity contribution >= 4 is 18.0 Å². The maximum Gasteiger partial charge on any atom is 0.410 e. The normalized spacial score (nSPS) is 18.3. The van der Waals surface area contributed by atoms with E-state index in [2.05, 4.69) is 28.5 Å². The highest BCUT2D eigenvalue weighted by Crippen LogP contribution is 2.23. The number of pyridine rings is 1. The molecule has 1 aromatic heterocycles. The summed E-state index contributed by atoms with van der Waals surface area (Å²) in [6.07, 6.45) is 6.24. The van der Waals surface area contributed by atoms with Crippen LogP contribution in [0.25, 0.3) is 6.08 Å². The number of ether oxygens (including phenoxy) is 1. The zero-order valence-corrected chi connectivity index (χ0v) is 14.1. The first-order valence-corrected chi connectivity index (χ1v) is 8.31. The minimum absolute atomic E-state index is 0.224. The third-order valence-electron chi connectivity index (χ3n) is 4.02. The zero-order valence-electron chi connectivity index (χ0n) is 14.1. The van der Waals surface area contributed by atoms with Crippen LogP contribution in [0.3, 0.4) is 0 Å². The Morgan fingerprint density at radius 2 is 2.17 bits per heavy atom. The molecule has 5 heteroatoms. The Morgan fingerprint density at radius 3 is 2.91 bits per heavy atom. The largest absolute Gasteiger partial charge is 0.444 e. The summed E-state index contributed by atoms with van der Waals surface area (Å²) in [6.45, 7) is 8.09. The molecule has 3 heterocycles. The predicted octanol–water partition coefficient (Wildman–Crippen LogP) is 3.32. The van der Waals surface area contributed by atoms with Crippen LogP contribution < -0.4 is 5.32 Å². The van der Waals surface area contributed by atoms with Crippen LogP contribution in [-0.2, 0) is 11.2 Å². The molecule has 0 radical (unpaired) electrons. The highest BCUT2D eigenvalue weighted by molar-refractivity contribution is 5.69. The van der Waals surface area contributed by atoms with Gasteiger partial charge in [-0.1, -0.05) is 12.1 Å². The van der Waals surface area contributed by atoms with E-state index in [-0.39, 0.29) is 6.09 Å². The predicted molar refractivity (Wildman–Crippen MR) is 91.4 cm³/mol. The number of aryl methyl sites for hydroxylation is 1. The lowest BCUT2D eigenvalue weighted by atomic mass is 9.99. The molecule has 0 spiro atoms. The number of amides is 1. The molecular formula is C18H25N3O2. The Balaban J connectivity index is 1.52. The summed E-state index contributed by atoms with van der Waals surface area (Å²) in [7, 11) is 0. The second-order valence-electron chi connectivity index (χ2n) is 7.28. The van der Waals surface area contributed by atoms with Crippen LogP contribution in [0.4, 0.5) is 10.6 Å². The summed E-state index contributed by atoms with van der Waals surface area (Å²) in [6, 6.07) is 4.22. The van der Waals surface area contributed by atoms with Crippen LogP contribution in [-0.4, -0.2) is 41.2 Å². The molecule has 124 valence electrons. The first-order valence-electron chi connectivity index (χ1n) is 8.31. The van der Waals surface area contributed by atoms with Crippen molar-refractivity contribution in [1.82, 2.24) is 9.88 Å². The van der Waals surface area contributed by atoms with E-state index in [0.29, 0.717) is 19.0 Å². The van der Waals surface area contributed by atoms with Crippen molar-refractivity contribution in [3.05, 3.63) is 29.5 Å². The Morgan fingerprint density at radius 1 is 1.39 bits per heavy atom. The van der Waals surface area contributed by atoms with Gasteiger partial charge in [0.05, 0.1) is 5.69 Å². The summed E-state index contributed by atoms with van der Waals surface area (Å²) in [4.78, 5) is 18.3. The molecule has 1 aromatic rings. The van der Waals surface area contributed by atoms with Gasteiger partial charge in [0.15, 0.2) is 0 Å². The van der Waals surface area contributed by atoms with Crippen LogP contribution in [0.2, 0.25) is 0 Å². The van der Waals surface area contributed by atoms with Gasteiger partial charge in [-0.15, -0.1) is 0 Å². The van der Waals surface area contributed by atoms with Gasteiger partial charge in [0.1, 0.15) is 11.4 Å². The number of nitrogens with zero attached hydrogens (tertiary/aromatic N) is 2. The Bertz CT molecular complexity index is 613. The average Bonchev–Trinajstić information content (AvgIpc) is 2.43. The number of hydrogen-bond donors (Lipinski definition) is 1. The smallest absolute Gasteiger partial charge is 0.410 e. The minimum Gasteiger partial charge on any atom is -0.444 e. The van der Waals surface area contributed by atoms with Gasteiger partial charge in [0, 0.05) is 25.6 Å². The van der Waals surface area contributed by atoms with Gasteiger partial charge >= 0.3 is 6.09 Å². The van der Waals surface area contributed by atoms with Gasteiger partial charge in [-0.25, -0.2) is 9.78 Å². The Hall–Kier alpha value is -2.04. The van der Waals surface area contributed by atoms with Gasteiger partial charge < -0.3 is 15.0 Å². The van der Waals surface area contributed by atoms with E-state index in [1.165, 1.54) is 12.0 Å². The molecule has 0 saturated carbocycles. The molecule has 1 fully saturated rings. The van der Waals surface area contributed by atoms with Gasteiger partial charge in [0.25, 0.3) is 0 Å². The SMILES string of the molecule is CC(C)(C)OC(=O)N1CC(/C=C/c2ccc3c(n2)NCCC3)C1. The van der Waals surface area contributed by atoms with E-state index in [4.69, 9.17) is 4.74 Å². The molecule has 0 aliphatic carbocycles. The van der Waals surface area contributed by atoms with Gasteiger partial charge in [-0.2, -0.15) is 0 Å². The summed E-state index contributed by atoms with van der Waals surface area (Å²) >= 11 is 0. The number of likely N-dealkylation sites (tertiary alicyclic amines) is 1. The van der Waals surface area contributed by atoms with Crippen molar-refractivity contribution in [3.8, 4) is 0 Å². The monoisotopic (exact) mass is 315 g/mol.